The Morgan fingerprint density at radius 3 is 2.80 bits per heavy atom. The summed E-state index contributed by atoms with van der Waals surface area (Å²) in [6, 6.07) is 0. The summed E-state index contributed by atoms with van der Waals surface area (Å²) in [6.07, 6.45) is 2.50. The van der Waals surface area contributed by atoms with Gasteiger partial charge in [0.05, 0.1) is 4.90 Å². The molecule has 1 N–H and O–H groups in total. The number of rotatable bonds is 1. The quantitative estimate of drug-likeness (QED) is 0.580. The highest BCUT2D eigenvalue weighted by Gasteiger charge is 2.06. The Bertz CT molecular complexity index is 264. The molecule has 0 aliphatic rings. The average molecular weight is 156 g/mol. The van der Waals surface area contributed by atoms with E-state index in [2.05, 4.69) is 22.6 Å². The fourth-order valence-corrected chi connectivity index (χ4v) is 0.707. The van der Waals surface area contributed by atoms with Crippen molar-refractivity contribution < 1.29 is 9.90 Å². The average Bonchev–Trinajstić information content (AvgIpc) is 1.88. The summed E-state index contributed by atoms with van der Waals surface area (Å²) in [5, 5.41) is 8.43. The molecule has 0 atom stereocenters. The molecule has 10 heavy (non-hydrogen) atoms. The van der Waals surface area contributed by atoms with Gasteiger partial charge in [-0.25, -0.2) is 14.8 Å². The Morgan fingerprint density at radius 2 is 2.40 bits per heavy atom. The van der Waals surface area contributed by atoms with Crippen LogP contribution < -0.4 is 0 Å². The first-order valence-electron chi connectivity index (χ1n) is 2.44. The van der Waals surface area contributed by atoms with E-state index in [0.717, 1.165) is 0 Å². The molecular formula is C5H4N2O2S. The van der Waals surface area contributed by atoms with Crippen LogP contribution in [-0.2, 0) is 0 Å². The highest BCUT2D eigenvalue weighted by atomic mass is 32.1. The fourth-order valence-electron chi connectivity index (χ4n) is 0.487. The third-order valence-electron chi connectivity index (χ3n) is 0.896. The monoisotopic (exact) mass is 156 g/mol. The van der Waals surface area contributed by atoms with Gasteiger partial charge in [0.2, 0.25) is 0 Å². The minimum Gasteiger partial charge on any atom is -0.476 e. The third-order valence-corrected chi connectivity index (χ3v) is 1.22. The maximum Gasteiger partial charge on any atom is 0.355 e. The van der Waals surface area contributed by atoms with Crippen molar-refractivity contribution >= 4 is 18.6 Å². The second-order valence-corrected chi connectivity index (χ2v) is 2.04. The van der Waals surface area contributed by atoms with Crippen LogP contribution in [0.2, 0.25) is 0 Å². The van der Waals surface area contributed by atoms with Gasteiger partial charge >= 0.3 is 5.97 Å². The lowest BCUT2D eigenvalue weighted by Crippen LogP contribution is -2.01. The molecule has 5 heteroatoms. The standard InChI is InChI=1S/C5H4N2O2S/c8-5(9)4-3(10)1-6-2-7-4/h1-2,10H,(H,8,9). The molecular weight excluding hydrogens is 152 g/mol. The van der Waals surface area contributed by atoms with E-state index in [1.807, 2.05) is 0 Å². The van der Waals surface area contributed by atoms with Crippen molar-refractivity contribution in [3.63, 3.8) is 0 Å². The lowest BCUT2D eigenvalue weighted by atomic mass is 10.4. The number of carbonyl (C=O) groups is 1. The Hall–Kier alpha value is -1.10. The van der Waals surface area contributed by atoms with Crippen LogP contribution in [0, 0.1) is 0 Å². The smallest absolute Gasteiger partial charge is 0.355 e. The number of carboxylic acids is 1. The van der Waals surface area contributed by atoms with E-state index in [4.69, 9.17) is 5.11 Å². The fraction of sp³-hybridized carbons (Fsp3) is 0. The van der Waals surface area contributed by atoms with Crippen LogP contribution in [0.4, 0.5) is 0 Å². The maximum absolute atomic E-state index is 10.3. The van der Waals surface area contributed by atoms with Crippen molar-refractivity contribution in [2.24, 2.45) is 0 Å². The molecule has 0 amide bonds. The zero-order chi connectivity index (χ0) is 7.56. The van der Waals surface area contributed by atoms with Crippen molar-refractivity contribution in [1.29, 1.82) is 0 Å². The van der Waals surface area contributed by atoms with Crippen molar-refractivity contribution in [2.75, 3.05) is 0 Å². The van der Waals surface area contributed by atoms with Gasteiger partial charge in [0.15, 0.2) is 5.69 Å². The van der Waals surface area contributed by atoms with Gasteiger partial charge in [0.25, 0.3) is 0 Å². The van der Waals surface area contributed by atoms with Crippen molar-refractivity contribution in [3.8, 4) is 0 Å². The Labute approximate surface area is 62.3 Å². The van der Waals surface area contributed by atoms with Crippen LogP contribution in [0.15, 0.2) is 17.4 Å². The molecule has 1 aromatic heterocycles. The van der Waals surface area contributed by atoms with Gasteiger partial charge in [-0.15, -0.1) is 12.6 Å². The molecule has 0 bridgehead atoms. The van der Waals surface area contributed by atoms with Gasteiger partial charge in [0, 0.05) is 6.20 Å². The van der Waals surface area contributed by atoms with E-state index in [0.29, 0.717) is 0 Å². The maximum atomic E-state index is 10.3. The molecule has 0 aliphatic heterocycles. The Kier molecular flexibility index (Phi) is 1.86. The molecule has 0 aromatic carbocycles. The highest BCUT2D eigenvalue weighted by Crippen LogP contribution is 2.06. The summed E-state index contributed by atoms with van der Waals surface area (Å²) in [5.74, 6) is -1.09. The second-order valence-electron chi connectivity index (χ2n) is 1.56. The molecule has 0 aliphatic carbocycles. The predicted molar refractivity (Wildman–Crippen MR) is 36.2 cm³/mol. The third kappa shape index (κ3) is 1.24. The molecule has 0 spiro atoms. The van der Waals surface area contributed by atoms with E-state index < -0.39 is 5.97 Å². The number of aromatic nitrogens is 2. The second kappa shape index (κ2) is 2.66. The first-order valence-corrected chi connectivity index (χ1v) is 2.89. The molecule has 1 heterocycles. The van der Waals surface area contributed by atoms with Crippen LogP contribution in [0.1, 0.15) is 10.5 Å². The first kappa shape index (κ1) is 7.01. The molecule has 0 saturated heterocycles. The van der Waals surface area contributed by atoms with Gasteiger partial charge in [-0.05, 0) is 0 Å². The predicted octanol–water partition coefficient (Wildman–Crippen LogP) is 0.464. The minimum atomic E-state index is -1.09. The van der Waals surface area contributed by atoms with Crippen molar-refractivity contribution in [3.05, 3.63) is 18.2 Å². The summed E-state index contributed by atoms with van der Waals surface area (Å²) in [4.78, 5) is 17.6. The topological polar surface area (TPSA) is 63.1 Å². The van der Waals surface area contributed by atoms with Gasteiger partial charge in [0.1, 0.15) is 6.33 Å². The number of nitrogens with zero attached hydrogens (tertiary/aromatic N) is 2. The van der Waals surface area contributed by atoms with E-state index in [9.17, 15) is 4.79 Å². The van der Waals surface area contributed by atoms with E-state index in [1.165, 1.54) is 12.5 Å². The van der Waals surface area contributed by atoms with E-state index in [-0.39, 0.29) is 10.6 Å². The van der Waals surface area contributed by atoms with Crippen LogP contribution >= 0.6 is 12.6 Å². The normalized spacial score (nSPS) is 9.30. The Morgan fingerprint density at radius 1 is 1.70 bits per heavy atom. The number of thiol groups is 1. The lowest BCUT2D eigenvalue weighted by Gasteiger charge is -1.93. The van der Waals surface area contributed by atoms with E-state index in [1.54, 1.807) is 0 Å². The van der Waals surface area contributed by atoms with Crippen LogP contribution in [0.25, 0.3) is 0 Å². The van der Waals surface area contributed by atoms with Crippen molar-refractivity contribution in [2.45, 2.75) is 4.90 Å². The molecule has 0 fully saturated rings. The highest BCUT2D eigenvalue weighted by molar-refractivity contribution is 7.80. The molecule has 0 saturated carbocycles. The zero-order valence-electron chi connectivity index (χ0n) is 4.85. The van der Waals surface area contributed by atoms with Crippen LogP contribution in [0.5, 0.6) is 0 Å². The van der Waals surface area contributed by atoms with Crippen LogP contribution in [0.3, 0.4) is 0 Å². The van der Waals surface area contributed by atoms with Crippen LogP contribution in [-0.4, -0.2) is 21.0 Å². The van der Waals surface area contributed by atoms with Gasteiger partial charge in [-0.1, -0.05) is 0 Å². The number of hydrogen-bond donors (Lipinski definition) is 2. The minimum absolute atomic E-state index is 0.0710. The molecule has 1 rings (SSSR count). The largest absolute Gasteiger partial charge is 0.476 e. The molecule has 1 aromatic rings. The first-order chi connectivity index (χ1) is 4.72. The summed E-state index contributed by atoms with van der Waals surface area (Å²) in [6.45, 7) is 0. The number of aromatic carboxylic acids is 1. The summed E-state index contributed by atoms with van der Waals surface area (Å²) < 4.78 is 0. The van der Waals surface area contributed by atoms with Gasteiger partial charge < -0.3 is 5.11 Å². The molecule has 0 unspecified atom stereocenters. The van der Waals surface area contributed by atoms with E-state index >= 15 is 0 Å². The summed E-state index contributed by atoms with van der Waals surface area (Å²) in [5.41, 5.74) is -0.0710. The lowest BCUT2D eigenvalue weighted by molar-refractivity contribution is 0.0686. The molecule has 4 nitrogen and oxygen atoms in total. The number of carboxylic acid groups (broad SMARTS) is 1. The number of hydrogen-bond acceptors (Lipinski definition) is 4. The van der Waals surface area contributed by atoms with Gasteiger partial charge in [-0.3, -0.25) is 0 Å². The molecule has 52 valence electrons. The summed E-state index contributed by atoms with van der Waals surface area (Å²) >= 11 is 3.83. The summed E-state index contributed by atoms with van der Waals surface area (Å²) in [7, 11) is 0. The van der Waals surface area contributed by atoms with Gasteiger partial charge in [-0.2, -0.15) is 0 Å². The SMILES string of the molecule is O=C(O)c1ncncc1S. The molecule has 0 radical (unpaired) electrons. The zero-order valence-corrected chi connectivity index (χ0v) is 5.75. The Balaban J connectivity index is 3.15. The van der Waals surface area contributed by atoms with Crippen molar-refractivity contribution in [1.82, 2.24) is 9.97 Å².